The number of nitrogens with two attached hydrogens (primary N) is 1. The lowest BCUT2D eigenvalue weighted by Crippen LogP contribution is -2.43. The van der Waals surface area contributed by atoms with Gasteiger partial charge < -0.3 is 10.8 Å². The Bertz CT molecular complexity index is 758. The minimum atomic E-state index is -0.536. The van der Waals surface area contributed by atoms with Crippen LogP contribution < -0.4 is 11.2 Å². The lowest BCUT2D eigenvalue weighted by molar-refractivity contribution is -0.121. The fourth-order valence-electron chi connectivity index (χ4n) is 5.77. The number of fused-ring (bicyclic) bond motifs is 5. The maximum absolute atomic E-state index is 11.8. The van der Waals surface area contributed by atoms with Crippen molar-refractivity contribution in [3.8, 4) is 5.75 Å². The van der Waals surface area contributed by atoms with Crippen LogP contribution in [0.15, 0.2) is 23.3 Å². The van der Waals surface area contributed by atoms with Gasteiger partial charge in [-0.3, -0.25) is 4.79 Å². The molecule has 5 heteroatoms. The van der Waals surface area contributed by atoms with Crippen LogP contribution in [-0.2, 0) is 11.2 Å². The molecule has 2 saturated carbocycles. The Hall–Kier alpha value is -1.88. The Morgan fingerprint density at radius 3 is 2.92 bits per heavy atom. The Labute approximate surface area is 155 Å². The molecule has 5 nitrogen and oxygen atoms in total. The van der Waals surface area contributed by atoms with E-state index in [1.165, 1.54) is 17.5 Å². The van der Waals surface area contributed by atoms with E-state index in [0.29, 0.717) is 23.5 Å². The zero-order valence-corrected chi connectivity index (χ0v) is 15.7. The highest BCUT2D eigenvalue weighted by molar-refractivity contribution is 5.93. The van der Waals surface area contributed by atoms with Crippen LogP contribution in [0.3, 0.4) is 0 Å². The van der Waals surface area contributed by atoms with Gasteiger partial charge in [-0.1, -0.05) is 13.0 Å². The number of aromatic hydroxyl groups is 1. The van der Waals surface area contributed by atoms with E-state index in [9.17, 15) is 9.90 Å². The van der Waals surface area contributed by atoms with Gasteiger partial charge in [0.05, 0.1) is 6.04 Å². The third kappa shape index (κ3) is 2.73. The summed E-state index contributed by atoms with van der Waals surface area (Å²) < 4.78 is 0. The van der Waals surface area contributed by atoms with E-state index in [1.54, 1.807) is 6.92 Å². The second kappa shape index (κ2) is 6.38. The Morgan fingerprint density at radius 1 is 1.35 bits per heavy atom. The van der Waals surface area contributed by atoms with Crippen molar-refractivity contribution < 1.29 is 9.90 Å². The van der Waals surface area contributed by atoms with E-state index in [-0.39, 0.29) is 11.3 Å². The molecule has 0 saturated heterocycles. The molecule has 0 heterocycles. The van der Waals surface area contributed by atoms with E-state index >= 15 is 0 Å². The summed E-state index contributed by atoms with van der Waals surface area (Å²) >= 11 is 0. The highest BCUT2D eigenvalue weighted by Gasteiger charge is 2.53. The van der Waals surface area contributed by atoms with Crippen LogP contribution in [0.4, 0.5) is 0 Å². The van der Waals surface area contributed by atoms with Crippen LogP contribution in [0, 0.1) is 17.3 Å². The molecular formula is C21H29N3O2. The molecule has 5 atom stereocenters. The summed E-state index contributed by atoms with van der Waals surface area (Å²) in [5.74, 6) is 2.04. The lowest BCUT2D eigenvalue weighted by atomic mass is 9.55. The summed E-state index contributed by atoms with van der Waals surface area (Å²) in [5.41, 5.74) is 12.3. The van der Waals surface area contributed by atoms with Crippen LogP contribution in [0.2, 0.25) is 0 Å². The number of hydrazone groups is 1. The van der Waals surface area contributed by atoms with Gasteiger partial charge in [-0.25, -0.2) is 5.43 Å². The number of nitrogens with zero attached hydrogens (tertiary/aromatic N) is 1. The smallest absolute Gasteiger partial charge is 0.256 e. The van der Waals surface area contributed by atoms with E-state index < -0.39 is 6.04 Å². The summed E-state index contributed by atoms with van der Waals surface area (Å²) in [6.45, 7) is 4.02. The summed E-state index contributed by atoms with van der Waals surface area (Å²) in [6.07, 6.45) is 6.60. The topological polar surface area (TPSA) is 87.7 Å². The van der Waals surface area contributed by atoms with E-state index in [0.717, 1.165) is 37.8 Å². The number of phenolic OH excluding ortho intramolecular Hbond substituents is 1. The molecule has 0 spiro atoms. The van der Waals surface area contributed by atoms with Gasteiger partial charge in [-0.15, -0.1) is 0 Å². The van der Waals surface area contributed by atoms with Gasteiger partial charge in [0, 0.05) is 11.1 Å². The molecule has 1 aromatic rings. The van der Waals surface area contributed by atoms with Crippen LogP contribution in [0.1, 0.15) is 63.0 Å². The third-order valence-corrected chi connectivity index (χ3v) is 7.17. The van der Waals surface area contributed by atoms with Gasteiger partial charge in [0.15, 0.2) is 0 Å². The third-order valence-electron chi connectivity index (χ3n) is 7.17. The van der Waals surface area contributed by atoms with E-state index in [4.69, 9.17) is 5.73 Å². The largest absolute Gasteiger partial charge is 0.508 e. The van der Waals surface area contributed by atoms with Gasteiger partial charge in [-0.2, -0.15) is 5.10 Å². The fourth-order valence-corrected chi connectivity index (χ4v) is 5.77. The summed E-state index contributed by atoms with van der Waals surface area (Å²) in [7, 11) is 0. The van der Waals surface area contributed by atoms with Crippen molar-refractivity contribution >= 4 is 11.6 Å². The second-order valence-corrected chi connectivity index (χ2v) is 8.62. The minimum Gasteiger partial charge on any atom is -0.508 e. The first-order valence-electron chi connectivity index (χ1n) is 9.84. The van der Waals surface area contributed by atoms with E-state index in [1.807, 2.05) is 12.1 Å². The van der Waals surface area contributed by atoms with E-state index in [2.05, 4.69) is 23.5 Å². The average molecular weight is 355 g/mol. The van der Waals surface area contributed by atoms with Crippen molar-refractivity contribution in [2.24, 2.45) is 28.1 Å². The number of hydrogen-bond donors (Lipinski definition) is 3. The molecular weight excluding hydrogens is 326 g/mol. The average Bonchev–Trinajstić information content (AvgIpc) is 2.95. The first kappa shape index (κ1) is 17.5. The molecule has 0 aliphatic heterocycles. The van der Waals surface area contributed by atoms with Crippen LogP contribution in [0.25, 0.3) is 0 Å². The maximum atomic E-state index is 11.8. The molecule has 3 aliphatic carbocycles. The quantitative estimate of drug-likeness (QED) is 0.713. The van der Waals surface area contributed by atoms with Crippen molar-refractivity contribution in [1.29, 1.82) is 0 Å². The summed E-state index contributed by atoms with van der Waals surface area (Å²) in [4.78, 5) is 11.8. The molecule has 3 aliphatic rings. The highest BCUT2D eigenvalue weighted by Crippen LogP contribution is 2.59. The first-order valence-corrected chi connectivity index (χ1v) is 9.84. The van der Waals surface area contributed by atoms with Gasteiger partial charge in [-0.05, 0) is 86.5 Å². The number of carbonyl (C=O) groups is 1. The van der Waals surface area contributed by atoms with Gasteiger partial charge in [0.25, 0.3) is 5.91 Å². The highest BCUT2D eigenvalue weighted by atomic mass is 16.3. The number of phenols is 1. The molecule has 1 aromatic carbocycles. The van der Waals surface area contributed by atoms with Crippen molar-refractivity contribution in [3.05, 3.63) is 29.3 Å². The van der Waals surface area contributed by atoms with Crippen molar-refractivity contribution in [2.45, 2.75) is 64.3 Å². The number of hydrogen-bond acceptors (Lipinski definition) is 4. The number of amides is 1. The molecule has 26 heavy (non-hydrogen) atoms. The SMILES string of the molecule is C[C@H](N)C(=O)N/N=C1\CC[C@H]2[C@@H]3CCc4cc(O)ccc4[C@H]3CC[C@]12C. The number of benzene rings is 1. The van der Waals surface area contributed by atoms with Gasteiger partial charge in [0.2, 0.25) is 0 Å². The zero-order valence-electron chi connectivity index (χ0n) is 15.7. The second-order valence-electron chi connectivity index (χ2n) is 8.62. The molecule has 0 radical (unpaired) electrons. The molecule has 0 bridgehead atoms. The van der Waals surface area contributed by atoms with Crippen molar-refractivity contribution in [3.63, 3.8) is 0 Å². The Kier molecular flexibility index (Phi) is 4.30. The molecule has 0 unspecified atom stereocenters. The number of rotatable bonds is 2. The standard InChI is InChI=1S/C21H29N3O2/c1-12(22)20(26)24-23-19-8-7-18-17-5-3-13-11-14(25)4-6-15(13)16(17)9-10-21(18,19)2/h4,6,11-12,16-18,25H,3,5,7-10,22H2,1-2H3,(H,24,26)/b23-19+/t12-,16+,17+,18-,21-/m0/s1. The summed E-state index contributed by atoms with van der Waals surface area (Å²) in [6, 6.07) is 5.38. The lowest BCUT2D eigenvalue weighted by Gasteiger charge is -2.49. The maximum Gasteiger partial charge on any atom is 0.256 e. The van der Waals surface area contributed by atoms with Crippen LogP contribution in [-0.4, -0.2) is 22.8 Å². The molecule has 140 valence electrons. The molecule has 2 fully saturated rings. The van der Waals surface area contributed by atoms with Crippen molar-refractivity contribution in [2.75, 3.05) is 0 Å². The summed E-state index contributed by atoms with van der Waals surface area (Å²) in [5, 5.41) is 14.3. The number of aryl methyl sites for hydroxylation is 1. The Balaban J connectivity index is 1.58. The molecule has 0 aromatic heterocycles. The first-order chi connectivity index (χ1) is 12.4. The van der Waals surface area contributed by atoms with Crippen LogP contribution >= 0.6 is 0 Å². The normalized spacial score (nSPS) is 35.3. The monoisotopic (exact) mass is 355 g/mol. The molecule has 4 N–H and O–H groups in total. The Morgan fingerprint density at radius 2 is 2.15 bits per heavy atom. The van der Waals surface area contributed by atoms with Gasteiger partial charge >= 0.3 is 0 Å². The fraction of sp³-hybridized carbons (Fsp3) is 0.619. The van der Waals surface area contributed by atoms with Gasteiger partial charge in [0.1, 0.15) is 5.75 Å². The molecule has 1 amide bonds. The number of carbonyl (C=O) groups excluding carboxylic acids is 1. The number of nitrogens with one attached hydrogen (secondary N) is 1. The van der Waals surface area contributed by atoms with Crippen LogP contribution in [0.5, 0.6) is 5.75 Å². The predicted octanol–water partition coefficient (Wildman–Crippen LogP) is 3.07. The minimum absolute atomic E-state index is 0.0840. The zero-order chi connectivity index (χ0) is 18.5. The molecule has 4 rings (SSSR count). The predicted molar refractivity (Wildman–Crippen MR) is 102 cm³/mol. The van der Waals surface area contributed by atoms with Crippen molar-refractivity contribution in [1.82, 2.24) is 5.43 Å².